The van der Waals surface area contributed by atoms with Crippen LogP contribution >= 0.6 is 34.2 Å². The summed E-state index contributed by atoms with van der Waals surface area (Å²) in [5.74, 6) is 0. The zero-order valence-corrected chi connectivity index (χ0v) is 10.3. The van der Waals surface area contributed by atoms with Crippen molar-refractivity contribution < 1.29 is 0 Å². The highest BCUT2D eigenvalue weighted by molar-refractivity contribution is 14.1. The van der Waals surface area contributed by atoms with Crippen LogP contribution < -0.4 is 0 Å². The lowest BCUT2D eigenvalue weighted by Gasteiger charge is -2.08. The topological polar surface area (TPSA) is 12.9 Å². The number of hydrogen-bond donors (Lipinski definition) is 0. The normalized spacial score (nSPS) is 10.4. The summed E-state index contributed by atoms with van der Waals surface area (Å²) < 4.78 is 1.20. The minimum absolute atomic E-state index is 0.802. The Balaban J connectivity index is 3.39. The van der Waals surface area contributed by atoms with Crippen LogP contribution in [0, 0.1) is 17.4 Å². The average molecular weight is 296 g/mol. The van der Waals surface area contributed by atoms with Crippen LogP contribution in [0.2, 0.25) is 5.02 Å². The van der Waals surface area contributed by atoms with Crippen LogP contribution in [-0.2, 0) is 6.42 Å². The molecule has 0 N–H and O–H groups in total. The zero-order chi connectivity index (χ0) is 9.30. The van der Waals surface area contributed by atoms with Crippen molar-refractivity contribution in [2.24, 2.45) is 0 Å². The molecule has 1 rings (SSSR count). The molecule has 0 aliphatic heterocycles. The van der Waals surface area contributed by atoms with Gasteiger partial charge in [0.25, 0.3) is 0 Å². The van der Waals surface area contributed by atoms with E-state index in [9.17, 15) is 0 Å². The summed E-state index contributed by atoms with van der Waals surface area (Å²) in [5, 5.41) is 0.802. The molecule has 3 heteroatoms. The van der Waals surface area contributed by atoms with Crippen LogP contribution in [0.25, 0.3) is 0 Å². The zero-order valence-electron chi connectivity index (χ0n) is 7.41. The molecule has 66 valence electrons. The SMILES string of the molecule is CCc1nc(C)c(Cl)c(C)c1I. The second kappa shape index (κ2) is 3.92. The molecule has 0 radical (unpaired) electrons. The van der Waals surface area contributed by atoms with E-state index in [-0.39, 0.29) is 0 Å². The second-order valence-electron chi connectivity index (χ2n) is 2.75. The molecule has 0 spiro atoms. The molecule has 0 aliphatic carbocycles. The van der Waals surface area contributed by atoms with Crippen molar-refractivity contribution in [2.45, 2.75) is 27.2 Å². The van der Waals surface area contributed by atoms with E-state index in [4.69, 9.17) is 11.6 Å². The van der Waals surface area contributed by atoms with Gasteiger partial charge in [-0.3, -0.25) is 4.98 Å². The van der Waals surface area contributed by atoms with Crippen molar-refractivity contribution >= 4 is 34.2 Å². The first-order valence-electron chi connectivity index (χ1n) is 3.89. The third kappa shape index (κ3) is 1.74. The van der Waals surface area contributed by atoms with E-state index in [1.807, 2.05) is 13.8 Å². The Bertz CT molecular complexity index is 310. The maximum atomic E-state index is 6.04. The first-order chi connectivity index (χ1) is 5.57. The van der Waals surface area contributed by atoms with Gasteiger partial charge >= 0.3 is 0 Å². The predicted molar refractivity (Wildman–Crippen MR) is 60.8 cm³/mol. The quantitative estimate of drug-likeness (QED) is 0.722. The molecule has 0 unspecified atom stereocenters. The number of rotatable bonds is 1. The number of pyridine rings is 1. The summed E-state index contributed by atoms with van der Waals surface area (Å²) in [4.78, 5) is 4.41. The molecule has 0 saturated carbocycles. The fourth-order valence-corrected chi connectivity index (χ4v) is 2.19. The third-order valence-corrected chi connectivity index (χ3v) is 3.86. The molecule has 0 bridgehead atoms. The van der Waals surface area contributed by atoms with Gasteiger partial charge in [-0.2, -0.15) is 0 Å². The monoisotopic (exact) mass is 295 g/mol. The number of aryl methyl sites for hydroxylation is 2. The standard InChI is InChI=1S/C9H11ClIN/c1-4-7-9(11)5(2)8(10)6(3)12-7/h4H2,1-3H3. The van der Waals surface area contributed by atoms with E-state index in [1.165, 1.54) is 3.57 Å². The van der Waals surface area contributed by atoms with Crippen molar-refractivity contribution in [3.8, 4) is 0 Å². The highest BCUT2D eigenvalue weighted by Crippen LogP contribution is 2.25. The van der Waals surface area contributed by atoms with Crippen LogP contribution in [0.4, 0.5) is 0 Å². The highest BCUT2D eigenvalue weighted by Gasteiger charge is 2.09. The van der Waals surface area contributed by atoms with Crippen LogP contribution in [0.15, 0.2) is 0 Å². The van der Waals surface area contributed by atoms with E-state index >= 15 is 0 Å². The number of hydrogen-bond acceptors (Lipinski definition) is 1. The van der Waals surface area contributed by atoms with Crippen LogP contribution in [0.1, 0.15) is 23.9 Å². The molecule has 0 amide bonds. The maximum absolute atomic E-state index is 6.04. The van der Waals surface area contributed by atoms with E-state index in [0.29, 0.717) is 0 Å². The number of aromatic nitrogens is 1. The van der Waals surface area contributed by atoms with Gasteiger partial charge in [0.15, 0.2) is 0 Å². The van der Waals surface area contributed by atoms with Gasteiger partial charge < -0.3 is 0 Å². The van der Waals surface area contributed by atoms with Gasteiger partial charge in [-0.05, 0) is 48.4 Å². The lowest BCUT2D eigenvalue weighted by atomic mass is 10.2. The molecule has 0 saturated heterocycles. The summed E-state index contributed by atoms with van der Waals surface area (Å²) in [6.45, 7) is 6.10. The Hall–Kier alpha value is 0.170. The molecule has 0 aliphatic rings. The van der Waals surface area contributed by atoms with Gasteiger partial charge in [0.2, 0.25) is 0 Å². The Morgan fingerprint density at radius 3 is 2.50 bits per heavy atom. The Labute approximate surface area is 91.7 Å². The first-order valence-corrected chi connectivity index (χ1v) is 5.34. The molecule has 12 heavy (non-hydrogen) atoms. The average Bonchev–Trinajstić information content (AvgIpc) is 2.08. The Morgan fingerprint density at radius 1 is 1.42 bits per heavy atom. The molecule has 1 nitrogen and oxygen atoms in total. The van der Waals surface area contributed by atoms with Crippen LogP contribution in [-0.4, -0.2) is 4.98 Å². The van der Waals surface area contributed by atoms with Crippen molar-refractivity contribution in [1.82, 2.24) is 4.98 Å². The highest BCUT2D eigenvalue weighted by atomic mass is 127. The molecule has 0 aromatic carbocycles. The van der Waals surface area contributed by atoms with Crippen molar-refractivity contribution in [2.75, 3.05) is 0 Å². The minimum atomic E-state index is 0.802. The van der Waals surface area contributed by atoms with Gasteiger partial charge in [0.1, 0.15) is 0 Å². The lowest BCUT2D eigenvalue weighted by molar-refractivity contribution is 0.982. The second-order valence-corrected chi connectivity index (χ2v) is 4.21. The molecule has 0 atom stereocenters. The van der Waals surface area contributed by atoms with Gasteiger partial charge in [-0.15, -0.1) is 0 Å². The maximum Gasteiger partial charge on any atom is 0.0658 e. The van der Waals surface area contributed by atoms with Crippen molar-refractivity contribution in [3.63, 3.8) is 0 Å². The molecule has 1 aromatic heterocycles. The summed E-state index contributed by atoms with van der Waals surface area (Å²) in [6, 6.07) is 0. The predicted octanol–water partition coefficient (Wildman–Crippen LogP) is 3.52. The smallest absolute Gasteiger partial charge is 0.0658 e. The molecular formula is C9H11ClIN. The van der Waals surface area contributed by atoms with Gasteiger partial charge in [-0.25, -0.2) is 0 Å². The summed E-state index contributed by atoms with van der Waals surface area (Å²) in [7, 11) is 0. The Kier molecular flexibility index (Phi) is 3.35. The fourth-order valence-electron chi connectivity index (χ4n) is 1.12. The lowest BCUT2D eigenvalue weighted by Crippen LogP contribution is -1.98. The molecule has 0 fully saturated rings. The minimum Gasteiger partial charge on any atom is -0.256 e. The van der Waals surface area contributed by atoms with E-state index in [0.717, 1.165) is 28.4 Å². The number of halogens is 2. The van der Waals surface area contributed by atoms with E-state index in [2.05, 4.69) is 34.5 Å². The van der Waals surface area contributed by atoms with Gasteiger partial charge in [0.05, 0.1) is 16.4 Å². The molecule has 1 aromatic rings. The summed E-state index contributed by atoms with van der Waals surface area (Å²) in [5.41, 5.74) is 3.24. The van der Waals surface area contributed by atoms with Crippen molar-refractivity contribution in [3.05, 3.63) is 25.5 Å². The van der Waals surface area contributed by atoms with E-state index in [1.54, 1.807) is 0 Å². The Morgan fingerprint density at radius 2 is 2.00 bits per heavy atom. The summed E-state index contributed by atoms with van der Waals surface area (Å²) >= 11 is 8.34. The third-order valence-electron chi connectivity index (χ3n) is 1.87. The largest absolute Gasteiger partial charge is 0.256 e. The van der Waals surface area contributed by atoms with Gasteiger partial charge in [-0.1, -0.05) is 18.5 Å². The van der Waals surface area contributed by atoms with Crippen LogP contribution in [0.5, 0.6) is 0 Å². The first kappa shape index (κ1) is 10.3. The number of nitrogens with zero attached hydrogens (tertiary/aromatic N) is 1. The fraction of sp³-hybridized carbons (Fsp3) is 0.444. The van der Waals surface area contributed by atoms with Crippen LogP contribution in [0.3, 0.4) is 0 Å². The van der Waals surface area contributed by atoms with Crippen molar-refractivity contribution in [1.29, 1.82) is 0 Å². The summed E-state index contributed by atoms with van der Waals surface area (Å²) in [6.07, 6.45) is 0.969. The molecular weight excluding hydrogens is 284 g/mol. The van der Waals surface area contributed by atoms with E-state index < -0.39 is 0 Å². The van der Waals surface area contributed by atoms with Gasteiger partial charge in [0, 0.05) is 3.57 Å². The molecule has 1 heterocycles.